The predicted octanol–water partition coefficient (Wildman–Crippen LogP) is 3.02. The molecule has 0 bridgehead atoms. The summed E-state index contributed by atoms with van der Waals surface area (Å²) >= 11 is 0. The summed E-state index contributed by atoms with van der Waals surface area (Å²) in [5, 5.41) is 17.8. The van der Waals surface area contributed by atoms with E-state index in [4.69, 9.17) is 0 Å². The second kappa shape index (κ2) is 6.96. The minimum atomic E-state index is -0.460. The van der Waals surface area contributed by atoms with E-state index in [1.54, 1.807) is 17.8 Å². The molecule has 0 atom stereocenters. The molecule has 0 saturated heterocycles. The molecule has 0 fully saturated rings. The summed E-state index contributed by atoms with van der Waals surface area (Å²) in [7, 11) is 0. The Bertz CT molecular complexity index is 903. The van der Waals surface area contributed by atoms with Crippen LogP contribution in [0.5, 0.6) is 0 Å². The van der Waals surface area contributed by atoms with Crippen LogP contribution in [0.3, 0.4) is 0 Å². The van der Waals surface area contributed by atoms with Crippen molar-refractivity contribution in [2.24, 2.45) is 0 Å². The quantitative estimate of drug-likeness (QED) is 0.573. The summed E-state index contributed by atoms with van der Waals surface area (Å²) in [6.07, 6.45) is 3.56. The van der Waals surface area contributed by atoms with Gasteiger partial charge in [-0.1, -0.05) is 12.1 Å². The lowest BCUT2D eigenvalue weighted by Crippen LogP contribution is -2.22. The first-order chi connectivity index (χ1) is 12.0. The van der Waals surface area contributed by atoms with Crippen molar-refractivity contribution in [3.05, 3.63) is 87.7 Å². The van der Waals surface area contributed by atoms with Crippen molar-refractivity contribution in [1.82, 2.24) is 15.1 Å². The average molecular weight is 336 g/mol. The van der Waals surface area contributed by atoms with Crippen LogP contribution in [0.15, 0.2) is 60.9 Å². The molecule has 0 unspecified atom stereocenters. The third kappa shape index (κ3) is 3.72. The lowest BCUT2D eigenvalue weighted by atomic mass is 10.1. The van der Waals surface area contributed by atoms with E-state index in [2.05, 4.69) is 10.4 Å². The number of hydrogen-bond donors (Lipinski definition) is 1. The Morgan fingerprint density at radius 1 is 1.24 bits per heavy atom. The number of amides is 1. The number of nitrogens with zero attached hydrogens (tertiary/aromatic N) is 3. The van der Waals surface area contributed by atoms with E-state index >= 15 is 0 Å². The fraction of sp³-hybridized carbons (Fsp3) is 0.111. The topological polar surface area (TPSA) is 90.1 Å². The van der Waals surface area contributed by atoms with Crippen molar-refractivity contribution in [2.45, 2.75) is 13.5 Å². The molecular weight excluding hydrogens is 320 g/mol. The molecule has 0 aliphatic rings. The van der Waals surface area contributed by atoms with E-state index in [9.17, 15) is 14.9 Å². The third-order valence-electron chi connectivity index (χ3n) is 3.81. The van der Waals surface area contributed by atoms with E-state index in [0.29, 0.717) is 17.7 Å². The lowest BCUT2D eigenvalue weighted by molar-refractivity contribution is -0.385. The third-order valence-corrected chi connectivity index (χ3v) is 3.81. The Kier molecular flexibility index (Phi) is 4.56. The van der Waals surface area contributed by atoms with Crippen molar-refractivity contribution in [3.8, 4) is 5.69 Å². The highest BCUT2D eigenvalue weighted by molar-refractivity contribution is 5.94. The van der Waals surface area contributed by atoms with E-state index in [1.807, 2.05) is 36.5 Å². The number of hydrogen-bond acceptors (Lipinski definition) is 4. The van der Waals surface area contributed by atoms with Crippen LogP contribution in [0, 0.1) is 17.0 Å². The maximum absolute atomic E-state index is 12.2. The van der Waals surface area contributed by atoms with Gasteiger partial charge in [-0.05, 0) is 42.8 Å². The Hall–Kier alpha value is -3.48. The van der Waals surface area contributed by atoms with Gasteiger partial charge in [0.1, 0.15) is 0 Å². The van der Waals surface area contributed by atoms with Crippen LogP contribution in [0.4, 0.5) is 5.69 Å². The number of carbonyl (C=O) groups is 1. The molecular formula is C18H16N4O3. The van der Waals surface area contributed by atoms with Crippen LogP contribution >= 0.6 is 0 Å². The number of aromatic nitrogens is 2. The summed E-state index contributed by atoms with van der Waals surface area (Å²) in [5.41, 5.74) is 2.75. The van der Waals surface area contributed by atoms with Gasteiger partial charge < -0.3 is 5.32 Å². The first kappa shape index (κ1) is 16.4. The molecule has 0 aliphatic heterocycles. The maximum atomic E-state index is 12.2. The van der Waals surface area contributed by atoms with Crippen LogP contribution in [0.25, 0.3) is 5.69 Å². The fourth-order valence-corrected chi connectivity index (χ4v) is 2.47. The zero-order chi connectivity index (χ0) is 17.8. The number of rotatable bonds is 5. The zero-order valence-corrected chi connectivity index (χ0v) is 13.5. The molecule has 1 N–H and O–H groups in total. The van der Waals surface area contributed by atoms with Crippen molar-refractivity contribution < 1.29 is 9.72 Å². The number of nitro groups is 1. The molecule has 7 heteroatoms. The Morgan fingerprint density at radius 2 is 2.00 bits per heavy atom. The minimum Gasteiger partial charge on any atom is -0.348 e. The first-order valence-corrected chi connectivity index (χ1v) is 7.67. The van der Waals surface area contributed by atoms with E-state index in [-0.39, 0.29) is 11.6 Å². The molecule has 0 spiro atoms. The second-order valence-corrected chi connectivity index (χ2v) is 5.56. The SMILES string of the molecule is Cc1cc(C(=O)NCc2ccc(-n3cccn3)cc2)ccc1[N+](=O)[O-]. The van der Waals surface area contributed by atoms with Gasteiger partial charge in [0.25, 0.3) is 11.6 Å². The molecule has 0 saturated carbocycles. The van der Waals surface area contributed by atoms with Gasteiger partial charge in [-0.2, -0.15) is 5.10 Å². The molecule has 0 radical (unpaired) electrons. The van der Waals surface area contributed by atoms with Gasteiger partial charge in [-0.15, -0.1) is 0 Å². The smallest absolute Gasteiger partial charge is 0.272 e. The van der Waals surface area contributed by atoms with Crippen LogP contribution in [-0.2, 0) is 6.54 Å². The molecule has 2 aromatic carbocycles. The number of benzene rings is 2. The number of carbonyl (C=O) groups excluding carboxylic acids is 1. The highest BCUT2D eigenvalue weighted by Gasteiger charge is 2.13. The molecule has 1 aromatic heterocycles. The Balaban J connectivity index is 1.64. The minimum absolute atomic E-state index is 0.00533. The number of nitro benzene ring substituents is 1. The zero-order valence-electron chi connectivity index (χ0n) is 13.5. The normalized spacial score (nSPS) is 10.4. The van der Waals surface area contributed by atoms with Gasteiger partial charge in [0, 0.05) is 36.1 Å². The summed E-state index contributed by atoms with van der Waals surface area (Å²) in [6.45, 7) is 1.98. The molecule has 7 nitrogen and oxygen atoms in total. The standard InChI is InChI=1S/C18H16N4O3/c1-13-11-15(5-8-17(13)22(24)25)18(23)19-12-14-3-6-16(7-4-14)21-10-2-9-20-21/h2-11H,12H2,1H3,(H,19,23). The van der Waals surface area contributed by atoms with E-state index in [0.717, 1.165) is 11.3 Å². The fourth-order valence-electron chi connectivity index (χ4n) is 2.47. The second-order valence-electron chi connectivity index (χ2n) is 5.56. The van der Waals surface area contributed by atoms with E-state index in [1.165, 1.54) is 18.2 Å². The predicted molar refractivity (Wildman–Crippen MR) is 92.6 cm³/mol. The first-order valence-electron chi connectivity index (χ1n) is 7.67. The van der Waals surface area contributed by atoms with Crippen LogP contribution < -0.4 is 5.32 Å². The monoisotopic (exact) mass is 336 g/mol. The van der Waals surface area contributed by atoms with Gasteiger partial charge in [-0.25, -0.2) is 4.68 Å². The lowest BCUT2D eigenvalue weighted by Gasteiger charge is -2.07. The number of nitrogens with one attached hydrogen (secondary N) is 1. The molecule has 0 aliphatic carbocycles. The summed E-state index contributed by atoms with van der Waals surface area (Å²) in [6, 6.07) is 13.9. The highest BCUT2D eigenvalue weighted by atomic mass is 16.6. The molecule has 25 heavy (non-hydrogen) atoms. The van der Waals surface area contributed by atoms with Gasteiger partial charge in [-0.3, -0.25) is 14.9 Å². The van der Waals surface area contributed by atoms with Gasteiger partial charge in [0.05, 0.1) is 10.6 Å². The number of aryl methyl sites for hydroxylation is 1. The largest absolute Gasteiger partial charge is 0.348 e. The average Bonchev–Trinajstić information content (AvgIpc) is 3.14. The molecule has 1 amide bonds. The molecule has 1 heterocycles. The van der Waals surface area contributed by atoms with Crippen molar-refractivity contribution in [1.29, 1.82) is 0 Å². The maximum Gasteiger partial charge on any atom is 0.272 e. The van der Waals surface area contributed by atoms with Crippen LogP contribution in [0.2, 0.25) is 0 Å². The van der Waals surface area contributed by atoms with Crippen molar-refractivity contribution in [3.63, 3.8) is 0 Å². The van der Waals surface area contributed by atoms with Crippen LogP contribution in [0.1, 0.15) is 21.5 Å². The highest BCUT2D eigenvalue weighted by Crippen LogP contribution is 2.18. The Labute approximate surface area is 144 Å². The van der Waals surface area contributed by atoms with Crippen molar-refractivity contribution in [2.75, 3.05) is 0 Å². The Morgan fingerprint density at radius 3 is 2.60 bits per heavy atom. The summed E-state index contributed by atoms with van der Waals surface area (Å²) < 4.78 is 1.75. The van der Waals surface area contributed by atoms with Gasteiger partial charge in [0.2, 0.25) is 0 Å². The van der Waals surface area contributed by atoms with Crippen molar-refractivity contribution >= 4 is 11.6 Å². The summed E-state index contributed by atoms with van der Waals surface area (Å²) in [4.78, 5) is 22.6. The van der Waals surface area contributed by atoms with Gasteiger partial charge in [0.15, 0.2) is 0 Å². The van der Waals surface area contributed by atoms with Crippen LogP contribution in [-0.4, -0.2) is 20.6 Å². The molecule has 3 aromatic rings. The molecule has 126 valence electrons. The van der Waals surface area contributed by atoms with E-state index < -0.39 is 4.92 Å². The molecule has 3 rings (SSSR count). The van der Waals surface area contributed by atoms with Gasteiger partial charge >= 0.3 is 0 Å². The summed E-state index contributed by atoms with van der Waals surface area (Å²) in [5.74, 6) is -0.269.